The first-order valence-corrected chi connectivity index (χ1v) is 9.43. The fourth-order valence-electron chi connectivity index (χ4n) is 3.70. The van der Waals surface area contributed by atoms with Crippen LogP contribution in [-0.4, -0.2) is 54.5 Å². The van der Waals surface area contributed by atoms with Crippen LogP contribution in [0.5, 0.6) is 0 Å². The summed E-state index contributed by atoms with van der Waals surface area (Å²) in [6, 6.07) is 0.546. The van der Waals surface area contributed by atoms with Gasteiger partial charge in [0.15, 0.2) is 0 Å². The highest BCUT2D eigenvalue weighted by atomic mass is 16.6. The molecule has 0 aromatic heterocycles. The highest BCUT2D eigenvalue weighted by Gasteiger charge is 2.34. The molecule has 2 aliphatic heterocycles. The number of likely N-dealkylation sites (tertiary alicyclic amines) is 1. The normalized spacial score (nSPS) is 30.9. The van der Waals surface area contributed by atoms with Crippen LogP contribution in [0.25, 0.3) is 0 Å². The second-order valence-corrected chi connectivity index (χ2v) is 9.08. The third-order valence-corrected chi connectivity index (χ3v) is 5.14. The molecule has 0 spiro atoms. The Balaban J connectivity index is 1.76. The van der Waals surface area contributed by atoms with Gasteiger partial charge in [-0.25, -0.2) is 4.79 Å². The van der Waals surface area contributed by atoms with Crippen LogP contribution in [0, 0.1) is 5.41 Å². The van der Waals surface area contributed by atoms with Gasteiger partial charge in [-0.1, -0.05) is 6.92 Å². The number of amides is 1. The maximum Gasteiger partial charge on any atom is 0.410 e. The predicted octanol–water partition coefficient (Wildman–Crippen LogP) is 3.57. The number of piperidine rings is 1. The van der Waals surface area contributed by atoms with Crippen LogP contribution in [0.3, 0.4) is 0 Å². The first kappa shape index (κ1) is 19.5. The molecule has 0 aliphatic carbocycles. The van der Waals surface area contributed by atoms with Gasteiger partial charge in [0.05, 0.1) is 12.2 Å². The molecule has 2 heterocycles. The molecular formula is C19H36N2O3. The number of carbonyl (C=O) groups excluding carboxylic acids is 1. The van der Waals surface area contributed by atoms with Crippen LogP contribution in [0.15, 0.2) is 0 Å². The minimum atomic E-state index is -0.421. The zero-order valence-electron chi connectivity index (χ0n) is 16.4. The van der Waals surface area contributed by atoms with Crippen molar-refractivity contribution < 1.29 is 14.3 Å². The zero-order chi connectivity index (χ0) is 18.0. The van der Waals surface area contributed by atoms with Crippen molar-refractivity contribution in [3.05, 3.63) is 0 Å². The number of nitrogens with zero attached hydrogens (tertiary/aromatic N) is 1. The molecule has 0 saturated carbocycles. The highest BCUT2D eigenvalue weighted by molar-refractivity contribution is 5.68. The fourth-order valence-corrected chi connectivity index (χ4v) is 3.70. The van der Waals surface area contributed by atoms with Crippen LogP contribution < -0.4 is 5.32 Å². The number of carbonyl (C=O) groups is 1. The number of nitrogens with one attached hydrogen (secondary N) is 1. The van der Waals surface area contributed by atoms with Crippen molar-refractivity contribution in [1.82, 2.24) is 10.2 Å². The quantitative estimate of drug-likeness (QED) is 0.853. The average Bonchev–Trinajstić information content (AvgIpc) is 2.43. The van der Waals surface area contributed by atoms with E-state index in [1.54, 1.807) is 0 Å². The van der Waals surface area contributed by atoms with Crippen molar-refractivity contribution in [2.75, 3.05) is 19.6 Å². The molecule has 0 aromatic rings. The fraction of sp³-hybridized carbons (Fsp3) is 0.947. The van der Waals surface area contributed by atoms with E-state index < -0.39 is 5.60 Å². The Morgan fingerprint density at radius 2 is 1.75 bits per heavy atom. The Bertz CT molecular complexity index is 415. The number of hydrogen-bond donors (Lipinski definition) is 1. The third-order valence-electron chi connectivity index (χ3n) is 5.14. The Kier molecular flexibility index (Phi) is 6.19. The van der Waals surface area contributed by atoms with Gasteiger partial charge >= 0.3 is 6.09 Å². The first-order chi connectivity index (χ1) is 11.1. The van der Waals surface area contributed by atoms with Gasteiger partial charge in [-0.3, -0.25) is 0 Å². The molecule has 0 radical (unpaired) electrons. The Hall–Kier alpha value is -0.810. The maximum atomic E-state index is 12.2. The standard InChI is InChI=1S/C19H36N2O3/c1-14-11-16(12-15(2)23-14)20-13-19(6)7-9-21(10-8-19)17(22)24-18(3,4)5/h14-16,20H,7-13H2,1-6H3/t14-,15-/m0/s1. The molecule has 5 nitrogen and oxygen atoms in total. The lowest BCUT2D eigenvalue weighted by Crippen LogP contribution is -2.50. The maximum absolute atomic E-state index is 12.2. The summed E-state index contributed by atoms with van der Waals surface area (Å²) in [5, 5.41) is 3.76. The second-order valence-electron chi connectivity index (χ2n) is 9.08. The van der Waals surface area contributed by atoms with Crippen LogP contribution in [0.2, 0.25) is 0 Å². The molecule has 140 valence electrons. The lowest BCUT2D eigenvalue weighted by atomic mass is 9.80. The molecule has 5 heteroatoms. The van der Waals surface area contributed by atoms with E-state index in [1.165, 1.54) is 0 Å². The largest absolute Gasteiger partial charge is 0.444 e. The Labute approximate surface area is 147 Å². The molecule has 1 amide bonds. The highest BCUT2D eigenvalue weighted by Crippen LogP contribution is 2.31. The topological polar surface area (TPSA) is 50.8 Å². The van der Waals surface area contributed by atoms with Crippen molar-refractivity contribution in [3.8, 4) is 0 Å². The van der Waals surface area contributed by atoms with Gasteiger partial charge < -0.3 is 19.7 Å². The molecule has 2 saturated heterocycles. The van der Waals surface area contributed by atoms with E-state index >= 15 is 0 Å². The van der Waals surface area contributed by atoms with Crippen molar-refractivity contribution in [2.45, 2.75) is 91.1 Å². The van der Waals surface area contributed by atoms with Gasteiger partial charge in [0.25, 0.3) is 0 Å². The van der Waals surface area contributed by atoms with Crippen LogP contribution in [-0.2, 0) is 9.47 Å². The molecule has 2 fully saturated rings. The van der Waals surface area contributed by atoms with Crippen molar-refractivity contribution >= 4 is 6.09 Å². The van der Waals surface area contributed by atoms with E-state index in [1.807, 2.05) is 25.7 Å². The van der Waals surface area contributed by atoms with Gasteiger partial charge in [0.2, 0.25) is 0 Å². The summed E-state index contributed by atoms with van der Waals surface area (Å²) in [4.78, 5) is 14.0. The second kappa shape index (κ2) is 7.61. The van der Waals surface area contributed by atoms with Gasteiger partial charge in [-0.05, 0) is 65.7 Å². The minimum absolute atomic E-state index is 0.176. The Morgan fingerprint density at radius 3 is 2.25 bits per heavy atom. The lowest BCUT2D eigenvalue weighted by molar-refractivity contribution is -0.0442. The van der Waals surface area contributed by atoms with E-state index in [2.05, 4.69) is 26.1 Å². The van der Waals surface area contributed by atoms with Crippen LogP contribution in [0.4, 0.5) is 4.79 Å². The summed E-state index contributed by atoms with van der Waals surface area (Å²) in [6.07, 6.45) is 4.72. The van der Waals surface area contributed by atoms with Gasteiger partial charge in [-0.2, -0.15) is 0 Å². The summed E-state index contributed by atoms with van der Waals surface area (Å²) in [6.45, 7) is 15.0. The molecule has 2 aliphatic rings. The van der Waals surface area contributed by atoms with E-state index in [0.29, 0.717) is 18.2 Å². The van der Waals surface area contributed by atoms with Crippen molar-refractivity contribution in [3.63, 3.8) is 0 Å². The molecule has 2 atom stereocenters. The average molecular weight is 341 g/mol. The number of ether oxygens (including phenoxy) is 2. The summed E-state index contributed by atoms with van der Waals surface area (Å²) in [7, 11) is 0. The van der Waals surface area contributed by atoms with Crippen LogP contribution in [0.1, 0.15) is 67.2 Å². The molecule has 24 heavy (non-hydrogen) atoms. The third kappa shape index (κ3) is 5.92. The predicted molar refractivity (Wildman–Crippen MR) is 96.2 cm³/mol. The van der Waals surface area contributed by atoms with E-state index in [9.17, 15) is 4.79 Å². The van der Waals surface area contributed by atoms with Crippen molar-refractivity contribution in [1.29, 1.82) is 0 Å². The molecule has 1 N–H and O–H groups in total. The van der Waals surface area contributed by atoms with Gasteiger partial charge in [-0.15, -0.1) is 0 Å². The molecule has 0 bridgehead atoms. The summed E-state index contributed by atoms with van der Waals surface area (Å²) in [5.41, 5.74) is -0.168. The first-order valence-electron chi connectivity index (χ1n) is 9.43. The summed E-state index contributed by atoms with van der Waals surface area (Å²) in [5.74, 6) is 0. The van der Waals surface area contributed by atoms with Crippen molar-refractivity contribution in [2.24, 2.45) is 5.41 Å². The molecule has 2 rings (SSSR count). The summed E-state index contributed by atoms with van der Waals surface area (Å²) >= 11 is 0. The summed E-state index contributed by atoms with van der Waals surface area (Å²) < 4.78 is 11.3. The Morgan fingerprint density at radius 1 is 1.21 bits per heavy atom. The number of hydrogen-bond acceptors (Lipinski definition) is 4. The molecular weight excluding hydrogens is 304 g/mol. The van der Waals surface area contributed by atoms with E-state index in [0.717, 1.165) is 45.3 Å². The molecule has 0 unspecified atom stereocenters. The zero-order valence-corrected chi connectivity index (χ0v) is 16.4. The molecule has 0 aromatic carbocycles. The minimum Gasteiger partial charge on any atom is -0.444 e. The number of rotatable bonds is 3. The smallest absolute Gasteiger partial charge is 0.410 e. The van der Waals surface area contributed by atoms with Crippen LogP contribution >= 0.6 is 0 Å². The van der Waals surface area contributed by atoms with Gasteiger partial charge in [0, 0.05) is 25.7 Å². The SMILES string of the molecule is C[C@H]1CC(NCC2(C)CCN(C(=O)OC(C)(C)C)CC2)C[C@H](C)O1. The van der Waals surface area contributed by atoms with E-state index in [-0.39, 0.29) is 11.5 Å². The lowest BCUT2D eigenvalue weighted by Gasteiger charge is -2.41. The van der Waals surface area contributed by atoms with Gasteiger partial charge in [0.1, 0.15) is 5.60 Å². The van der Waals surface area contributed by atoms with E-state index in [4.69, 9.17) is 9.47 Å². The monoisotopic (exact) mass is 340 g/mol.